The number of hydrogen-bond acceptors (Lipinski definition) is 7. The van der Waals surface area contributed by atoms with E-state index in [4.69, 9.17) is 15.5 Å². The molecular formula is C22H29N5O2S. The first kappa shape index (κ1) is 20.8. The van der Waals surface area contributed by atoms with E-state index in [1.165, 1.54) is 0 Å². The van der Waals surface area contributed by atoms with E-state index in [2.05, 4.69) is 28.1 Å². The summed E-state index contributed by atoms with van der Waals surface area (Å²) in [6, 6.07) is 2.12. The Morgan fingerprint density at radius 1 is 1.20 bits per heavy atom. The van der Waals surface area contributed by atoms with Crippen LogP contribution in [0.15, 0.2) is 30.1 Å². The zero-order valence-electron chi connectivity index (χ0n) is 17.9. The van der Waals surface area contributed by atoms with Gasteiger partial charge in [0.15, 0.2) is 0 Å². The minimum Gasteiger partial charge on any atom is -0.444 e. The third-order valence-corrected chi connectivity index (χ3v) is 6.17. The van der Waals surface area contributed by atoms with Crippen LogP contribution in [0.25, 0.3) is 15.9 Å². The minimum atomic E-state index is -0.462. The fraction of sp³-hybridized carbons (Fsp3) is 0.500. The van der Waals surface area contributed by atoms with Gasteiger partial charge in [-0.2, -0.15) is 0 Å². The topological polar surface area (TPSA) is 84.6 Å². The molecule has 0 unspecified atom stereocenters. The van der Waals surface area contributed by atoms with Gasteiger partial charge < -0.3 is 15.4 Å². The van der Waals surface area contributed by atoms with Gasteiger partial charge in [-0.25, -0.2) is 14.8 Å². The Morgan fingerprint density at radius 3 is 2.63 bits per heavy atom. The predicted molar refractivity (Wildman–Crippen MR) is 120 cm³/mol. The highest BCUT2D eigenvalue weighted by atomic mass is 32.1. The zero-order chi connectivity index (χ0) is 21.3. The Labute approximate surface area is 181 Å². The Balaban J connectivity index is 1.39. The summed E-state index contributed by atoms with van der Waals surface area (Å²) in [5.41, 5.74) is 9.57. The monoisotopic (exact) mass is 427 g/mol. The normalized spacial score (nSPS) is 18.3. The molecule has 0 spiro atoms. The maximum absolute atomic E-state index is 12.2. The van der Waals surface area contributed by atoms with Gasteiger partial charge in [0.05, 0.1) is 0 Å². The molecule has 1 aliphatic heterocycles. The van der Waals surface area contributed by atoms with Gasteiger partial charge >= 0.3 is 6.09 Å². The Kier molecular flexibility index (Phi) is 5.79. The first-order valence-electron chi connectivity index (χ1n) is 10.4. The average molecular weight is 428 g/mol. The van der Waals surface area contributed by atoms with Crippen LogP contribution in [0.3, 0.4) is 0 Å². The van der Waals surface area contributed by atoms with Gasteiger partial charge in [0.25, 0.3) is 0 Å². The quantitative estimate of drug-likeness (QED) is 0.803. The van der Waals surface area contributed by atoms with Gasteiger partial charge in [0.1, 0.15) is 21.0 Å². The van der Waals surface area contributed by atoms with Crippen LogP contribution in [0, 0.1) is 0 Å². The van der Waals surface area contributed by atoms with Gasteiger partial charge in [-0.1, -0.05) is 23.5 Å². The van der Waals surface area contributed by atoms with Crippen LogP contribution in [0.1, 0.15) is 44.2 Å². The molecule has 7 nitrogen and oxygen atoms in total. The lowest BCUT2D eigenvalue weighted by Gasteiger charge is -2.35. The second-order valence-electron chi connectivity index (χ2n) is 8.79. The van der Waals surface area contributed by atoms with E-state index in [9.17, 15) is 4.79 Å². The Bertz CT molecular complexity index is 997. The summed E-state index contributed by atoms with van der Waals surface area (Å²) in [6.45, 7) is 9.44. The summed E-state index contributed by atoms with van der Waals surface area (Å²) in [4.78, 5) is 26.7. The van der Waals surface area contributed by atoms with Crippen molar-refractivity contribution in [3.63, 3.8) is 0 Å². The van der Waals surface area contributed by atoms with Gasteiger partial charge in [0, 0.05) is 50.2 Å². The number of nitrogens with zero attached hydrogens (tertiary/aromatic N) is 4. The van der Waals surface area contributed by atoms with Crippen LogP contribution < -0.4 is 5.73 Å². The molecule has 1 saturated heterocycles. The fourth-order valence-electron chi connectivity index (χ4n) is 3.64. The molecule has 0 atom stereocenters. The molecule has 0 radical (unpaired) electrons. The fourth-order valence-corrected chi connectivity index (χ4v) is 4.60. The first-order chi connectivity index (χ1) is 14.3. The van der Waals surface area contributed by atoms with Gasteiger partial charge in [0.2, 0.25) is 0 Å². The molecule has 2 aromatic rings. The summed E-state index contributed by atoms with van der Waals surface area (Å²) in [6.07, 6.45) is 7.92. The molecule has 8 heteroatoms. The van der Waals surface area contributed by atoms with Crippen molar-refractivity contribution in [1.82, 2.24) is 19.8 Å². The van der Waals surface area contributed by atoms with E-state index in [1.807, 2.05) is 27.0 Å². The van der Waals surface area contributed by atoms with Crippen LogP contribution in [0.4, 0.5) is 4.79 Å². The van der Waals surface area contributed by atoms with Crippen LogP contribution in [0.2, 0.25) is 0 Å². The summed E-state index contributed by atoms with van der Waals surface area (Å²) >= 11 is 1.59. The van der Waals surface area contributed by atoms with E-state index >= 15 is 0 Å². The van der Waals surface area contributed by atoms with Crippen molar-refractivity contribution < 1.29 is 9.53 Å². The number of nitrogens with two attached hydrogens (primary N) is 1. The second kappa shape index (κ2) is 8.35. The second-order valence-corrected chi connectivity index (χ2v) is 9.76. The standard InChI is InChI=1S/C22H29N5O2S/c1-22(2,3)29-21(28)27-10-8-26(9-11-27)14-15-12-18-20(24-13-15)30-19(25-18)16-6-4-5-7-17(16)23/h6-7,12-13H,4-5,8-11,14,23H2,1-3H3. The molecule has 0 aromatic carbocycles. The number of aromatic nitrogens is 2. The van der Waals surface area contributed by atoms with Gasteiger partial charge in [-0.15, -0.1) is 0 Å². The van der Waals surface area contributed by atoms with E-state index in [-0.39, 0.29) is 6.09 Å². The average Bonchev–Trinajstić information content (AvgIpc) is 3.10. The maximum atomic E-state index is 12.2. The molecule has 2 aliphatic rings. The number of piperazine rings is 1. The molecule has 30 heavy (non-hydrogen) atoms. The highest BCUT2D eigenvalue weighted by molar-refractivity contribution is 7.19. The minimum absolute atomic E-state index is 0.231. The largest absolute Gasteiger partial charge is 0.444 e. The Hall–Kier alpha value is -2.45. The highest BCUT2D eigenvalue weighted by Crippen LogP contribution is 2.31. The van der Waals surface area contributed by atoms with Crippen molar-refractivity contribution in [1.29, 1.82) is 0 Å². The number of carbonyl (C=O) groups is 1. The Morgan fingerprint density at radius 2 is 1.93 bits per heavy atom. The lowest BCUT2D eigenvalue weighted by atomic mass is 10.0. The number of rotatable bonds is 3. The molecule has 2 N–H and O–H groups in total. The van der Waals surface area contributed by atoms with Crippen molar-refractivity contribution in [3.05, 3.63) is 40.7 Å². The third-order valence-electron chi connectivity index (χ3n) is 5.16. The van der Waals surface area contributed by atoms with Crippen molar-refractivity contribution in [2.24, 2.45) is 5.73 Å². The molecule has 4 rings (SSSR count). The molecule has 1 aliphatic carbocycles. The van der Waals surface area contributed by atoms with Crippen molar-refractivity contribution in [2.45, 2.75) is 45.8 Å². The molecular weight excluding hydrogens is 398 g/mol. The number of ether oxygens (including phenoxy) is 1. The highest BCUT2D eigenvalue weighted by Gasteiger charge is 2.26. The number of amides is 1. The molecule has 1 fully saturated rings. The smallest absolute Gasteiger partial charge is 0.410 e. The molecule has 3 heterocycles. The van der Waals surface area contributed by atoms with Gasteiger partial charge in [-0.3, -0.25) is 4.90 Å². The maximum Gasteiger partial charge on any atom is 0.410 e. The number of pyridine rings is 1. The summed E-state index contributed by atoms with van der Waals surface area (Å²) in [5.74, 6) is 0. The third kappa shape index (κ3) is 4.82. The van der Waals surface area contributed by atoms with Crippen LogP contribution in [-0.4, -0.2) is 57.6 Å². The van der Waals surface area contributed by atoms with Crippen molar-refractivity contribution in [3.8, 4) is 0 Å². The molecule has 1 amide bonds. The molecule has 160 valence electrons. The zero-order valence-corrected chi connectivity index (χ0v) is 18.7. The number of carbonyl (C=O) groups excluding carboxylic acids is 1. The van der Waals surface area contributed by atoms with E-state index < -0.39 is 5.60 Å². The molecule has 0 saturated carbocycles. The van der Waals surface area contributed by atoms with Gasteiger partial charge in [-0.05, 0) is 45.2 Å². The van der Waals surface area contributed by atoms with E-state index in [0.717, 1.165) is 64.7 Å². The van der Waals surface area contributed by atoms with Crippen LogP contribution in [-0.2, 0) is 11.3 Å². The number of thiazole rings is 1. The molecule has 0 bridgehead atoms. The van der Waals surface area contributed by atoms with Crippen LogP contribution >= 0.6 is 11.3 Å². The van der Waals surface area contributed by atoms with Crippen molar-refractivity contribution >= 4 is 33.4 Å². The number of hydrogen-bond donors (Lipinski definition) is 1. The molecule has 2 aromatic heterocycles. The van der Waals surface area contributed by atoms with Crippen molar-refractivity contribution in [2.75, 3.05) is 26.2 Å². The van der Waals surface area contributed by atoms with E-state index in [0.29, 0.717) is 13.1 Å². The summed E-state index contributed by atoms with van der Waals surface area (Å²) < 4.78 is 5.47. The summed E-state index contributed by atoms with van der Waals surface area (Å²) in [7, 11) is 0. The summed E-state index contributed by atoms with van der Waals surface area (Å²) in [5, 5.41) is 0.939. The lowest BCUT2D eigenvalue weighted by molar-refractivity contribution is 0.0139. The lowest BCUT2D eigenvalue weighted by Crippen LogP contribution is -2.49. The first-order valence-corrected chi connectivity index (χ1v) is 11.2. The number of allylic oxidation sites excluding steroid dienone is 3. The van der Waals surface area contributed by atoms with E-state index in [1.54, 1.807) is 16.2 Å². The predicted octanol–water partition coefficient (Wildman–Crippen LogP) is 3.76. The van der Waals surface area contributed by atoms with Crippen LogP contribution in [0.5, 0.6) is 0 Å². The SMILES string of the molecule is CC(C)(C)OC(=O)N1CCN(Cc2cnc3sc(C4=CCCC=C4N)nc3c2)CC1. The number of fused-ring (bicyclic) bond motifs is 1.